The summed E-state index contributed by atoms with van der Waals surface area (Å²) in [5.74, 6) is 0.610. The van der Waals surface area contributed by atoms with Crippen LogP contribution in [0.2, 0.25) is 0 Å². The van der Waals surface area contributed by atoms with Crippen molar-refractivity contribution in [3.05, 3.63) is 70.9 Å². The van der Waals surface area contributed by atoms with Gasteiger partial charge >= 0.3 is 0 Å². The van der Waals surface area contributed by atoms with E-state index in [0.717, 1.165) is 30.6 Å². The fraction of sp³-hybridized carbons (Fsp3) is 0.350. The van der Waals surface area contributed by atoms with Crippen molar-refractivity contribution in [1.29, 1.82) is 0 Å². The molecule has 1 amide bonds. The normalized spacial score (nSPS) is 13.8. The average molecular weight is 365 g/mol. The summed E-state index contributed by atoms with van der Waals surface area (Å²) in [6.45, 7) is 2.75. The van der Waals surface area contributed by atoms with Crippen molar-refractivity contribution in [2.45, 2.75) is 25.9 Å². The molecule has 0 spiro atoms. The standard InChI is InChI=1S/C20H23N5O2/c1-24(9-7-15-5-3-2-4-6-15)14-17-11-19(23-27-17)20(26)25-10-8-18-16(13-25)12-21-22-18/h2-6,11-12H,7-10,13-14H2,1H3,(H,21,22). The second-order valence-corrected chi connectivity index (χ2v) is 7.00. The van der Waals surface area contributed by atoms with Crippen LogP contribution in [0.5, 0.6) is 0 Å². The largest absolute Gasteiger partial charge is 0.359 e. The Morgan fingerprint density at radius 2 is 2.19 bits per heavy atom. The number of likely N-dealkylation sites (N-methyl/N-ethyl adjacent to an activating group) is 1. The molecule has 27 heavy (non-hydrogen) atoms. The number of carbonyl (C=O) groups excluding carboxylic acids is 1. The molecule has 0 atom stereocenters. The highest BCUT2D eigenvalue weighted by Crippen LogP contribution is 2.18. The Kier molecular flexibility index (Phi) is 5.02. The van der Waals surface area contributed by atoms with Crippen molar-refractivity contribution in [3.63, 3.8) is 0 Å². The number of rotatable bonds is 6. The molecule has 4 rings (SSSR count). The van der Waals surface area contributed by atoms with Crippen LogP contribution in [-0.4, -0.2) is 51.2 Å². The van der Waals surface area contributed by atoms with Crippen LogP contribution >= 0.6 is 0 Å². The molecule has 1 N–H and O–H groups in total. The number of nitrogens with one attached hydrogen (secondary N) is 1. The molecule has 1 aliphatic heterocycles. The molecular formula is C20H23N5O2. The molecule has 3 aromatic rings. The lowest BCUT2D eigenvalue weighted by Gasteiger charge is -2.25. The fourth-order valence-corrected chi connectivity index (χ4v) is 3.36. The molecule has 0 fully saturated rings. The van der Waals surface area contributed by atoms with Crippen LogP contribution in [0.4, 0.5) is 0 Å². The highest BCUT2D eigenvalue weighted by Gasteiger charge is 2.25. The summed E-state index contributed by atoms with van der Waals surface area (Å²) in [6.07, 6.45) is 3.54. The topological polar surface area (TPSA) is 78.3 Å². The monoisotopic (exact) mass is 365 g/mol. The Morgan fingerprint density at radius 3 is 3.04 bits per heavy atom. The third-order valence-electron chi connectivity index (χ3n) is 4.92. The molecule has 140 valence electrons. The summed E-state index contributed by atoms with van der Waals surface area (Å²) in [4.78, 5) is 16.7. The van der Waals surface area contributed by atoms with Crippen molar-refractivity contribution < 1.29 is 9.32 Å². The van der Waals surface area contributed by atoms with Gasteiger partial charge in [-0.3, -0.25) is 14.8 Å². The first-order valence-electron chi connectivity index (χ1n) is 9.17. The van der Waals surface area contributed by atoms with Crippen molar-refractivity contribution in [3.8, 4) is 0 Å². The molecule has 3 heterocycles. The third-order valence-corrected chi connectivity index (χ3v) is 4.92. The maximum atomic E-state index is 12.7. The molecule has 0 saturated heterocycles. The van der Waals surface area contributed by atoms with Crippen molar-refractivity contribution in [2.24, 2.45) is 0 Å². The van der Waals surface area contributed by atoms with Gasteiger partial charge < -0.3 is 9.42 Å². The molecule has 1 aromatic carbocycles. The van der Waals surface area contributed by atoms with E-state index in [9.17, 15) is 4.79 Å². The second kappa shape index (κ2) is 7.75. The molecule has 0 bridgehead atoms. The maximum Gasteiger partial charge on any atom is 0.276 e. The summed E-state index contributed by atoms with van der Waals surface area (Å²) in [7, 11) is 2.04. The minimum atomic E-state index is -0.0937. The molecule has 1 aliphatic rings. The Hall–Kier alpha value is -2.93. The van der Waals surface area contributed by atoms with E-state index in [2.05, 4.69) is 44.5 Å². The molecule has 7 heteroatoms. The highest BCUT2D eigenvalue weighted by molar-refractivity contribution is 5.92. The van der Waals surface area contributed by atoms with Gasteiger partial charge in [0.2, 0.25) is 0 Å². The van der Waals surface area contributed by atoms with E-state index in [1.807, 2.05) is 13.1 Å². The number of nitrogens with zero attached hydrogens (tertiary/aromatic N) is 4. The first kappa shape index (κ1) is 17.5. The molecule has 0 aliphatic carbocycles. The van der Waals surface area contributed by atoms with Gasteiger partial charge in [0, 0.05) is 43.4 Å². The number of carbonyl (C=O) groups is 1. The van der Waals surface area contributed by atoms with Crippen LogP contribution in [0, 0.1) is 0 Å². The van der Waals surface area contributed by atoms with Gasteiger partial charge in [-0.1, -0.05) is 35.5 Å². The zero-order valence-corrected chi connectivity index (χ0v) is 15.4. The Labute approximate surface area is 158 Å². The predicted molar refractivity (Wildman–Crippen MR) is 100 cm³/mol. The minimum absolute atomic E-state index is 0.0937. The van der Waals surface area contributed by atoms with Crippen molar-refractivity contribution >= 4 is 5.91 Å². The highest BCUT2D eigenvalue weighted by atomic mass is 16.5. The first-order valence-corrected chi connectivity index (χ1v) is 9.17. The number of hydrogen-bond acceptors (Lipinski definition) is 5. The number of fused-ring (bicyclic) bond motifs is 1. The van der Waals surface area contributed by atoms with Crippen molar-refractivity contribution in [1.82, 2.24) is 25.2 Å². The molecule has 0 saturated carbocycles. The molecule has 2 aromatic heterocycles. The van der Waals surface area contributed by atoms with Gasteiger partial charge in [-0.2, -0.15) is 5.10 Å². The average Bonchev–Trinajstić information content (AvgIpc) is 3.35. The summed E-state index contributed by atoms with van der Waals surface area (Å²) < 4.78 is 5.40. The number of hydrogen-bond donors (Lipinski definition) is 1. The lowest BCUT2D eigenvalue weighted by atomic mass is 10.1. The molecule has 0 radical (unpaired) electrons. The quantitative estimate of drug-likeness (QED) is 0.725. The van der Waals surface area contributed by atoms with Gasteiger partial charge in [0.05, 0.1) is 12.7 Å². The number of benzene rings is 1. The van der Waals surface area contributed by atoms with Gasteiger partial charge in [0.15, 0.2) is 11.5 Å². The number of amides is 1. The van der Waals surface area contributed by atoms with Gasteiger partial charge in [-0.15, -0.1) is 0 Å². The fourth-order valence-electron chi connectivity index (χ4n) is 3.36. The zero-order valence-electron chi connectivity index (χ0n) is 15.4. The molecule has 7 nitrogen and oxygen atoms in total. The lowest BCUT2D eigenvalue weighted by Crippen LogP contribution is -2.35. The smallest absolute Gasteiger partial charge is 0.276 e. The number of H-pyrrole nitrogens is 1. The van der Waals surface area contributed by atoms with E-state index in [4.69, 9.17) is 4.52 Å². The van der Waals surface area contributed by atoms with Gasteiger partial charge in [0.1, 0.15) is 0 Å². The maximum absolute atomic E-state index is 12.7. The summed E-state index contributed by atoms with van der Waals surface area (Å²) in [5.41, 5.74) is 3.86. The van der Waals surface area contributed by atoms with Gasteiger partial charge in [-0.05, 0) is 19.0 Å². The summed E-state index contributed by atoms with van der Waals surface area (Å²) in [6, 6.07) is 12.1. The molecule has 0 unspecified atom stereocenters. The van der Waals surface area contributed by atoms with E-state index in [1.165, 1.54) is 5.56 Å². The van der Waals surface area contributed by atoms with E-state index >= 15 is 0 Å². The van der Waals surface area contributed by atoms with Crippen LogP contribution in [0.1, 0.15) is 33.1 Å². The zero-order chi connectivity index (χ0) is 18.6. The van der Waals surface area contributed by atoms with Gasteiger partial charge in [0.25, 0.3) is 5.91 Å². The third kappa shape index (κ3) is 4.09. The first-order chi connectivity index (χ1) is 13.2. The Morgan fingerprint density at radius 1 is 1.33 bits per heavy atom. The van der Waals surface area contributed by atoms with Crippen LogP contribution in [0.25, 0.3) is 0 Å². The minimum Gasteiger partial charge on any atom is -0.359 e. The summed E-state index contributed by atoms with van der Waals surface area (Å²) in [5, 5.41) is 11.0. The SMILES string of the molecule is CN(CCc1ccccc1)Cc1cc(C(=O)N2CCc3[nH]ncc3C2)no1. The lowest BCUT2D eigenvalue weighted by molar-refractivity contribution is 0.0723. The Balaban J connectivity index is 1.32. The van der Waals surface area contributed by atoms with Crippen LogP contribution in [0.15, 0.2) is 47.1 Å². The van der Waals surface area contributed by atoms with Crippen LogP contribution in [0.3, 0.4) is 0 Å². The summed E-state index contributed by atoms with van der Waals surface area (Å²) >= 11 is 0. The van der Waals surface area contributed by atoms with E-state index < -0.39 is 0 Å². The van der Waals surface area contributed by atoms with Crippen LogP contribution < -0.4 is 0 Å². The van der Waals surface area contributed by atoms with E-state index in [0.29, 0.717) is 31.1 Å². The predicted octanol–water partition coefficient (Wildman–Crippen LogP) is 2.27. The van der Waals surface area contributed by atoms with E-state index in [-0.39, 0.29) is 5.91 Å². The molecular weight excluding hydrogens is 342 g/mol. The van der Waals surface area contributed by atoms with Crippen LogP contribution in [-0.2, 0) is 25.9 Å². The van der Waals surface area contributed by atoms with Gasteiger partial charge in [-0.25, -0.2) is 0 Å². The van der Waals surface area contributed by atoms with E-state index in [1.54, 1.807) is 17.2 Å². The second-order valence-electron chi connectivity index (χ2n) is 7.00. The number of aromatic nitrogens is 3. The number of aromatic amines is 1. The Bertz CT molecular complexity index is 902. The van der Waals surface area contributed by atoms with Crippen molar-refractivity contribution in [2.75, 3.05) is 20.1 Å².